The molecule has 110 valence electrons. The zero-order valence-corrected chi connectivity index (χ0v) is 13.0. The Kier molecular flexibility index (Phi) is 5.48. The lowest BCUT2D eigenvalue weighted by atomic mass is 10.1. The van der Waals surface area contributed by atoms with Gasteiger partial charge in [-0.25, -0.2) is 0 Å². The van der Waals surface area contributed by atoms with Gasteiger partial charge >= 0.3 is 0 Å². The predicted molar refractivity (Wildman–Crippen MR) is 85.0 cm³/mol. The van der Waals surface area contributed by atoms with Crippen molar-refractivity contribution in [3.05, 3.63) is 64.1 Å². The van der Waals surface area contributed by atoms with E-state index >= 15 is 0 Å². The van der Waals surface area contributed by atoms with Crippen LogP contribution in [-0.2, 0) is 4.79 Å². The summed E-state index contributed by atoms with van der Waals surface area (Å²) in [4.78, 5) is 11.9. The molecular weight excluding hydrogens is 309 g/mol. The van der Waals surface area contributed by atoms with Gasteiger partial charge in [0.05, 0.1) is 11.1 Å². The van der Waals surface area contributed by atoms with Crippen LogP contribution in [0.25, 0.3) is 0 Å². The summed E-state index contributed by atoms with van der Waals surface area (Å²) < 4.78 is 5.39. The molecule has 0 spiro atoms. The molecule has 5 heteroatoms. The molecule has 0 aliphatic heterocycles. The number of hydrogen-bond donors (Lipinski definition) is 1. The van der Waals surface area contributed by atoms with Gasteiger partial charge in [0.2, 0.25) is 0 Å². The van der Waals surface area contributed by atoms with Crippen molar-refractivity contribution in [3.63, 3.8) is 0 Å². The van der Waals surface area contributed by atoms with Gasteiger partial charge in [-0.2, -0.15) is 0 Å². The molecule has 2 aromatic carbocycles. The Morgan fingerprint density at radius 1 is 1.19 bits per heavy atom. The second-order valence-corrected chi connectivity index (χ2v) is 5.41. The average molecular weight is 324 g/mol. The fraction of sp³-hybridized carbons (Fsp3) is 0.188. The number of halogens is 2. The molecule has 1 amide bonds. The van der Waals surface area contributed by atoms with Gasteiger partial charge in [-0.05, 0) is 30.7 Å². The molecule has 3 nitrogen and oxygen atoms in total. The van der Waals surface area contributed by atoms with E-state index in [1.807, 2.05) is 37.3 Å². The first kappa shape index (κ1) is 15.7. The van der Waals surface area contributed by atoms with E-state index in [4.69, 9.17) is 27.9 Å². The first-order valence-electron chi connectivity index (χ1n) is 6.48. The second kappa shape index (κ2) is 7.34. The summed E-state index contributed by atoms with van der Waals surface area (Å²) in [5.74, 6) is 0.223. The molecule has 0 saturated heterocycles. The lowest BCUT2D eigenvalue weighted by Crippen LogP contribution is -2.31. The van der Waals surface area contributed by atoms with Gasteiger partial charge in [-0.3, -0.25) is 4.79 Å². The molecule has 0 bridgehead atoms. The highest BCUT2D eigenvalue weighted by Gasteiger charge is 2.10. The molecule has 0 aliphatic carbocycles. The Balaban J connectivity index is 1.87. The van der Waals surface area contributed by atoms with Crippen molar-refractivity contribution < 1.29 is 9.53 Å². The van der Waals surface area contributed by atoms with Gasteiger partial charge in [-0.1, -0.05) is 53.5 Å². The van der Waals surface area contributed by atoms with E-state index in [-0.39, 0.29) is 18.6 Å². The molecule has 1 atom stereocenters. The van der Waals surface area contributed by atoms with Crippen LogP contribution in [0.5, 0.6) is 5.75 Å². The Bertz CT molecular complexity index is 617. The molecule has 0 aromatic heterocycles. The average Bonchev–Trinajstić information content (AvgIpc) is 2.47. The summed E-state index contributed by atoms with van der Waals surface area (Å²) in [6, 6.07) is 14.5. The maximum atomic E-state index is 11.9. The van der Waals surface area contributed by atoms with E-state index in [1.54, 1.807) is 18.2 Å². The fourth-order valence-electron chi connectivity index (χ4n) is 1.84. The van der Waals surface area contributed by atoms with E-state index < -0.39 is 0 Å². The van der Waals surface area contributed by atoms with Crippen LogP contribution in [0.4, 0.5) is 0 Å². The molecule has 2 rings (SSSR count). The molecule has 0 saturated carbocycles. The van der Waals surface area contributed by atoms with Crippen LogP contribution in [0.15, 0.2) is 48.5 Å². The third-order valence-corrected chi connectivity index (χ3v) is 3.46. The smallest absolute Gasteiger partial charge is 0.258 e. The Labute approximate surface area is 133 Å². The topological polar surface area (TPSA) is 38.3 Å². The monoisotopic (exact) mass is 323 g/mol. The van der Waals surface area contributed by atoms with Crippen LogP contribution in [0, 0.1) is 0 Å². The third-order valence-electron chi connectivity index (χ3n) is 2.93. The first-order valence-corrected chi connectivity index (χ1v) is 7.24. The van der Waals surface area contributed by atoms with Gasteiger partial charge in [0, 0.05) is 5.02 Å². The minimum Gasteiger partial charge on any atom is -0.482 e. The Hall–Kier alpha value is -1.71. The lowest BCUT2D eigenvalue weighted by molar-refractivity contribution is -0.123. The minimum atomic E-state index is -0.211. The van der Waals surface area contributed by atoms with Crippen molar-refractivity contribution >= 4 is 29.1 Å². The fourth-order valence-corrected chi connectivity index (χ4v) is 2.31. The zero-order chi connectivity index (χ0) is 15.2. The number of ether oxygens (including phenoxy) is 1. The molecule has 1 N–H and O–H groups in total. The van der Waals surface area contributed by atoms with Crippen LogP contribution < -0.4 is 10.1 Å². The number of hydrogen-bond acceptors (Lipinski definition) is 2. The number of nitrogens with one attached hydrogen (secondary N) is 1. The van der Waals surface area contributed by atoms with Crippen molar-refractivity contribution in [3.8, 4) is 5.75 Å². The SMILES string of the molecule is CC(NC(=O)COc1ccc(Cl)cc1Cl)c1ccccc1. The maximum Gasteiger partial charge on any atom is 0.258 e. The van der Waals surface area contributed by atoms with Crippen LogP contribution in [0.3, 0.4) is 0 Å². The quantitative estimate of drug-likeness (QED) is 0.893. The molecule has 21 heavy (non-hydrogen) atoms. The van der Waals surface area contributed by atoms with Crippen molar-refractivity contribution in [1.82, 2.24) is 5.32 Å². The second-order valence-electron chi connectivity index (χ2n) is 4.56. The summed E-state index contributed by atoms with van der Waals surface area (Å²) in [5.41, 5.74) is 1.04. The molecule has 0 aliphatic rings. The molecule has 2 aromatic rings. The molecule has 0 fully saturated rings. The number of benzene rings is 2. The van der Waals surface area contributed by atoms with Gasteiger partial charge < -0.3 is 10.1 Å². The van der Waals surface area contributed by atoms with Crippen LogP contribution in [-0.4, -0.2) is 12.5 Å². The number of carbonyl (C=O) groups excluding carboxylic acids is 1. The van der Waals surface area contributed by atoms with E-state index in [2.05, 4.69) is 5.32 Å². The third kappa shape index (κ3) is 4.66. The summed E-state index contributed by atoms with van der Waals surface area (Å²) >= 11 is 11.8. The zero-order valence-electron chi connectivity index (χ0n) is 11.5. The number of amides is 1. The highest BCUT2D eigenvalue weighted by molar-refractivity contribution is 6.35. The minimum absolute atomic E-state index is 0.0806. The lowest BCUT2D eigenvalue weighted by Gasteiger charge is -2.15. The van der Waals surface area contributed by atoms with E-state index in [0.29, 0.717) is 15.8 Å². The molecule has 0 radical (unpaired) electrons. The summed E-state index contributed by atoms with van der Waals surface area (Å²) in [7, 11) is 0. The standard InChI is InChI=1S/C16H15Cl2NO2/c1-11(12-5-3-2-4-6-12)19-16(20)10-21-15-8-7-13(17)9-14(15)18/h2-9,11H,10H2,1H3,(H,19,20). The highest BCUT2D eigenvalue weighted by atomic mass is 35.5. The largest absolute Gasteiger partial charge is 0.482 e. The van der Waals surface area contributed by atoms with Crippen molar-refractivity contribution in [2.24, 2.45) is 0 Å². The van der Waals surface area contributed by atoms with Crippen molar-refractivity contribution in [1.29, 1.82) is 0 Å². The van der Waals surface area contributed by atoms with Gasteiger partial charge in [0.25, 0.3) is 5.91 Å². The van der Waals surface area contributed by atoms with Crippen molar-refractivity contribution in [2.75, 3.05) is 6.61 Å². The molecule has 1 unspecified atom stereocenters. The molecule has 0 heterocycles. The van der Waals surface area contributed by atoms with Crippen LogP contribution >= 0.6 is 23.2 Å². The van der Waals surface area contributed by atoms with Gasteiger partial charge in [0.1, 0.15) is 5.75 Å². The highest BCUT2D eigenvalue weighted by Crippen LogP contribution is 2.27. The van der Waals surface area contributed by atoms with Crippen LogP contribution in [0.1, 0.15) is 18.5 Å². The maximum absolute atomic E-state index is 11.9. The number of carbonyl (C=O) groups is 1. The van der Waals surface area contributed by atoms with Crippen LogP contribution in [0.2, 0.25) is 10.0 Å². The normalized spacial score (nSPS) is 11.8. The molecular formula is C16H15Cl2NO2. The predicted octanol–water partition coefficient (Wildman–Crippen LogP) is 4.25. The first-order chi connectivity index (χ1) is 10.1. The van der Waals surface area contributed by atoms with E-state index in [0.717, 1.165) is 5.56 Å². The summed E-state index contributed by atoms with van der Waals surface area (Å²) in [6.45, 7) is 1.82. The van der Waals surface area contributed by atoms with E-state index in [1.165, 1.54) is 0 Å². The van der Waals surface area contributed by atoms with Gasteiger partial charge in [0.15, 0.2) is 6.61 Å². The number of rotatable bonds is 5. The summed E-state index contributed by atoms with van der Waals surface area (Å²) in [6.07, 6.45) is 0. The Morgan fingerprint density at radius 2 is 1.90 bits per heavy atom. The van der Waals surface area contributed by atoms with E-state index in [9.17, 15) is 4.79 Å². The Morgan fingerprint density at radius 3 is 2.57 bits per heavy atom. The van der Waals surface area contributed by atoms with Crippen molar-refractivity contribution in [2.45, 2.75) is 13.0 Å². The summed E-state index contributed by atoms with van der Waals surface area (Å²) in [5, 5.41) is 3.77. The van der Waals surface area contributed by atoms with Gasteiger partial charge in [-0.15, -0.1) is 0 Å².